The smallest absolute Gasteiger partial charge is 0.00262 e. The van der Waals surface area contributed by atoms with Crippen LogP contribution in [0.1, 0.15) is 33.1 Å². The van der Waals surface area contributed by atoms with E-state index in [0.717, 1.165) is 0 Å². The lowest BCUT2D eigenvalue weighted by Crippen LogP contribution is -1.71. The molecule has 0 aromatic carbocycles. The summed E-state index contributed by atoms with van der Waals surface area (Å²) in [6.45, 7) is 4.39. The number of allylic oxidation sites excluding steroid dienone is 1. The average Bonchev–Trinajstić information content (AvgIpc) is 1.89. The monoisotopic (exact) mass is 144 g/mol. The maximum absolute atomic E-state index is 2.23. The largest absolute Gasteiger partial charge is 0.134 e. The summed E-state index contributed by atoms with van der Waals surface area (Å²) in [5.74, 6) is 1.28. The Morgan fingerprint density at radius 2 is 2.11 bits per heavy atom. The molecule has 0 rings (SSSR count). The zero-order valence-electron chi connectivity index (χ0n) is 6.39. The minimum atomic E-state index is 1.17. The Morgan fingerprint density at radius 3 is 2.67 bits per heavy atom. The fourth-order valence-corrected chi connectivity index (χ4v) is 1.38. The van der Waals surface area contributed by atoms with Gasteiger partial charge in [0.2, 0.25) is 0 Å². The van der Waals surface area contributed by atoms with Gasteiger partial charge in [0, 0.05) is 0 Å². The summed E-state index contributed by atoms with van der Waals surface area (Å²) < 4.78 is 0. The van der Waals surface area contributed by atoms with Crippen molar-refractivity contribution in [2.45, 2.75) is 33.1 Å². The molecule has 9 heavy (non-hydrogen) atoms. The van der Waals surface area contributed by atoms with Gasteiger partial charge in [-0.2, -0.15) is 0 Å². The number of hydrogen-bond acceptors (Lipinski definition) is 1. The Kier molecular flexibility index (Phi) is 8.17. The summed E-state index contributed by atoms with van der Waals surface area (Å²) in [5.41, 5.74) is 0. The Morgan fingerprint density at radius 1 is 1.33 bits per heavy atom. The van der Waals surface area contributed by atoms with Crippen molar-refractivity contribution in [1.82, 2.24) is 0 Å². The zero-order chi connectivity index (χ0) is 6.95. The van der Waals surface area contributed by atoms with Crippen LogP contribution in [0.4, 0.5) is 0 Å². The molecule has 0 fully saturated rings. The molecular weight excluding hydrogens is 128 g/mol. The topological polar surface area (TPSA) is 0 Å². The molecule has 1 heteroatoms. The van der Waals surface area contributed by atoms with E-state index < -0.39 is 0 Å². The van der Waals surface area contributed by atoms with Crippen molar-refractivity contribution in [1.29, 1.82) is 0 Å². The fourth-order valence-electron chi connectivity index (χ4n) is 0.460. The van der Waals surface area contributed by atoms with Crippen LogP contribution in [-0.2, 0) is 0 Å². The van der Waals surface area contributed by atoms with Crippen LogP contribution in [0.15, 0.2) is 11.5 Å². The Hall–Kier alpha value is 0.0900. The summed E-state index contributed by atoms with van der Waals surface area (Å²) >= 11 is 1.92. The molecule has 0 N–H and O–H groups in total. The van der Waals surface area contributed by atoms with Crippen molar-refractivity contribution >= 4 is 11.8 Å². The van der Waals surface area contributed by atoms with Crippen molar-refractivity contribution in [3.63, 3.8) is 0 Å². The van der Waals surface area contributed by atoms with Crippen LogP contribution in [0.2, 0.25) is 0 Å². The first-order valence-electron chi connectivity index (χ1n) is 3.68. The molecule has 0 aromatic heterocycles. The first-order valence-corrected chi connectivity index (χ1v) is 4.73. The summed E-state index contributed by atoms with van der Waals surface area (Å²) in [4.78, 5) is 0. The Labute approximate surface area is 62.7 Å². The molecule has 54 valence electrons. The highest BCUT2D eigenvalue weighted by Crippen LogP contribution is 2.05. The number of unbranched alkanes of at least 4 members (excludes halogenated alkanes) is 1. The molecule has 0 bridgehead atoms. The highest BCUT2D eigenvalue weighted by molar-refractivity contribution is 8.02. The van der Waals surface area contributed by atoms with E-state index in [0.29, 0.717) is 0 Å². The van der Waals surface area contributed by atoms with E-state index in [1.54, 1.807) is 0 Å². The number of hydrogen-bond donors (Lipinski definition) is 0. The van der Waals surface area contributed by atoms with Crippen molar-refractivity contribution < 1.29 is 0 Å². The predicted molar refractivity (Wildman–Crippen MR) is 46.8 cm³/mol. The maximum atomic E-state index is 2.23. The van der Waals surface area contributed by atoms with Gasteiger partial charge >= 0.3 is 0 Å². The lowest BCUT2D eigenvalue weighted by Gasteiger charge is -1.89. The predicted octanol–water partition coefficient (Wildman–Crippen LogP) is 3.44. The summed E-state index contributed by atoms with van der Waals surface area (Å²) in [5, 5.41) is 2.20. The van der Waals surface area contributed by atoms with E-state index in [1.165, 1.54) is 25.0 Å². The van der Waals surface area contributed by atoms with Gasteiger partial charge in [-0.15, -0.1) is 11.8 Å². The molecule has 0 radical (unpaired) electrons. The van der Waals surface area contributed by atoms with Gasteiger partial charge in [-0.05, 0) is 24.0 Å². The Bertz CT molecular complexity index is 67.0. The summed E-state index contributed by atoms with van der Waals surface area (Å²) in [6, 6.07) is 0. The maximum Gasteiger partial charge on any atom is -0.00262 e. The third-order valence-electron chi connectivity index (χ3n) is 1.04. The van der Waals surface area contributed by atoms with Gasteiger partial charge in [-0.1, -0.05) is 26.3 Å². The molecule has 0 aliphatic carbocycles. The van der Waals surface area contributed by atoms with Gasteiger partial charge in [-0.3, -0.25) is 0 Å². The minimum Gasteiger partial charge on any atom is -0.134 e. The standard InChI is InChI=1S/C8H16S/c1-3-5-7-9-8-6-4-2/h5,7H,3-4,6,8H2,1-2H3. The van der Waals surface area contributed by atoms with E-state index in [9.17, 15) is 0 Å². The van der Waals surface area contributed by atoms with Gasteiger partial charge < -0.3 is 0 Å². The fraction of sp³-hybridized carbons (Fsp3) is 0.750. The normalized spacial score (nSPS) is 10.9. The zero-order valence-corrected chi connectivity index (χ0v) is 7.21. The van der Waals surface area contributed by atoms with Crippen LogP contribution in [0.25, 0.3) is 0 Å². The van der Waals surface area contributed by atoms with Gasteiger partial charge in [0.25, 0.3) is 0 Å². The molecule has 0 aliphatic heterocycles. The third kappa shape index (κ3) is 8.09. The highest BCUT2D eigenvalue weighted by Gasteiger charge is 1.79. The van der Waals surface area contributed by atoms with Gasteiger partial charge in [0.15, 0.2) is 0 Å². The number of rotatable bonds is 5. The van der Waals surface area contributed by atoms with Crippen LogP contribution < -0.4 is 0 Å². The molecule has 0 aliphatic rings. The second-order valence-electron chi connectivity index (χ2n) is 2.00. The SMILES string of the molecule is CCC=CSCCCC. The lowest BCUT2D eigenvalue weighted by atomic mass is 10.4. The average molecular weight is 144 g/mol. The van der Waals surface area contributed by atoms with Crippen LogP contribution in [0.5, 0.6) is 0 Å². The van der Waals surface area contributed by atoms with E-state index in [-0.39, 0.29) is 0 Å². The summed E-state index contributed by atoms with van der Waals surface area (Å²) in [6.07, 6.45) is 6.03. The summed E-state index contributed by atoms with van der Waals surface area (Å²) in [7, 11) is 0. The number of thioether (sulfide) groups is 1. The van der Waals surface area contributed by atoms with Gasteiger partial charge in [0.1, 0.15) is 0 Å². The molecule has 0 saturated carbocycles. The van der Waals surface area contributed by atoms with Gasteiger partial charge in [0.05, 0.1) is 0 Å². The lowest BCUT2D eigenvalue weighted by molar-refractivity contribution is 0.897. The van der Waals surface area contributed by atoms with Crippen molar-refractivity contribution in [2.24, 2.45) is 0 Å². The molecule has 0 unspecified atom stereocenters. The molecule has 0 nitrogen and oxygen atoms in total. The van der Waals surface area contributed by atoms with E-state index in [2.05, 4.69) is 25.3 Å². The van der Waals surface area contributed by atoms with Crippen LogP contribution in [0.3, 0.4) is 0 Å². The van der Waals surface area contributed by atoms with Crippen LogP contribution in [0, 0.1) is 0 Å². The second-order valence-corrected chi connectivity index (χ2v) is 3.02. The molecule has 0 spiro atoms. The van der Waals surface area contributed by atoms with Gasteiger partial charge in [-0.25, -0.2) is 0 Å². The molecule has 0 amide bonds. The molecule has 0 heterocycles. The van der Waals surface area contributed by atoms with E-state index in [4.69, 9.17) is 0 Å². The minimum absolute atomic E-state index is 1.17. The highest BCUT2D eigenvalue weighted by atomic mass is 32.2. The van der Waals surface area contributed by atoms with Crippen LogP contribution >= 0.6 is 11.8 Å². The molecule has 0 saturated heterocycles. The van der Waals surface area contributed by atoms with Crippen molar-refractivity contribution in [2.75, 3.05) is 5.75 Å². The van der Waals surface area contributed by atoms with Crippen LogP contribution in [-0.4, -0.2) is 5.75 Å². The molecule has 0 aromatic rings. The third-order valence-corrected chi connectivity index (χ3v) is 1.95. The molecule has 0 atom stereocenters. The first-order chi connectivity index (χ1) is 4.41. The van der Waals surface area contributed by atoms with E-state index >= 15 is 0 Å². The molecular formula is C8H16S. The Balaban J connectivity index is 2.82. The second kappa shape index (κ2) is 8.09. The van der Waals surface area contributed by atoms with Crippen molar-refractivity contribution in [3.8, 4) is 0 Å². The van der Waals surface area contributed by atoms with E-state index in [1.807, 2.05) is 11.8 Å². The quantitative estimate of drug-likeness (QED) is 0.533. The first kappa shape index (κ1) is 9.09. The van der Waals surface area contributed by atoms with Crippen molar-refractivity contribution in [3.05, 3.63) is 11.5 Å².